The first-order chi connectivity index (χ1) is 18.3. The zero-order valence-electron chi connectivity index (χ0n) is 20.4. The molecule has 0 saturated carbocycles. The topological polar surface area (TPSA) is 32.3 Å². The molecule has 4 aromatic carbocycles. The number of benzene rings is 4. The van der Waals surface area contributed by atoms with Gasteiger partial charge < -0.3 is 9.62 Å². The Bertz CT molecular complexity index is 1640. The van der Waals surface area contributed by atoms with Gasteiger partial charge in [0.2, 0.25) is 0 Å². The van der Waals surface area contributed by atoms with Crippen molar-refractivity contribution in [3.63, 3.8) is 0 Å². The molecule has 0 unspecified atom stereocenters. The number of pyridine rings is 2. The fourth-order valence-electron chi connectivity index (χ4n) is 4.78. The van der Waals surface area contributed by atoms with Crippen LogP contribution in [-0.4, -0.2) is 17.5 Å². The van der Waals surface area contributed by atoms with Gasteiger partial charge in [-0.1, -0.05) is 72.8 Å². The summed E-state index contributed by atoms with van der Waals surface area (Å²) in [5.41, 5.74) is 4.52. The number of hydrogen-bond donors (Lipinski definition) is 0. The van der Waals surface area contributed by atoms with Gasteiger partial charge in [-0.3, -0.25) is 0 Å². The third-order valence-electron chi connectivity index (χ3n) is 6.83. The van der Waals surface area contributed by atoms with E-state index >= 15 is 0 Å². The normalized spacial score (nSPS) is 12.5. The first-order valence-electron chi connectivity index (χ1n) is 12.3. The van der Waals surface area contributed by atoms with E-state index in [9.17, 15) is 0 Å². The van der Waals surface area contributed by atoms with E-state index in [1.165, 1.54) is 21.5 Å². The third kappa shape index (κ3) is 4.61. The fourth-order valence-corrected chi connectivity index (χ4v) is 4.78. The van der Waals surface area contributed by atoms with Crippen LogP contribution >= 0.6 is 0 Å². The van der Waals surface area contributed by atoms with Gasteiger partial charge in [0, 0.05) is 56.0 Å². The van der Waals surface area contributed by atoms with E-state index in [4.69, 9.17) is 9.97 Å². The van der Waals surface area contributed by atoms with E-state index in [-0.39, 0.29) is 20.1 Å². The standard InChI is InChI=1S/C32H22BN4.Ir/c1-3-7-25-19-27(11-9-23(25)5-1)29-13-15-31(34-21-29)36-17-18-37(33-36)32-16-14-30(22-35-32)28-12-10-24-6-2-4-8-26(24)20-28;/h1-22H;. The van der Waals surface area contributed by atoms with Crippen LogP contribution in [0.4, 0.5) is 11.6 Å². The Morgan fingerprint density at radius 3 is 1.29 bits per heavy atom. The second kappa shape index (κ2) is 10.3. The van der Waals surface area contributed by atoms with Crippen LogP contribution in [0.3, 0.4) is 0 Å². The van der Waals surface area contributed by atoms with E-state index in [1.54, 1.807) is 0 Å². The molecule has 6 aromatic rings. The number of hydrogen-bond acceptors (Lipinski definition) is 4. The van der Waals surface area contributed by atoms with Gasteiger partial charge in [-0.25, -0.2) is 9.97 Å². The molecule has 0 atom stereocenters. The van der Waals surface area contributed by atoms with Gasteiger partial charge in [0.05, 0.1) is 0 Å². The van der Waals surface area contributed by atoms with Gasteiger partial charge in [-0.2, -0.15) is 0 Å². The molecule has 3 heterocycles. The summed E-state index contributed by atoms with van der Waals surface area (Å²) in [5, 5.41) is 4.95. The van der Waals surface area contributed by atoms with Crippen LogP contribution < -0.4 is 9.62 Å². The summed E-state index contributed by atoms with van der Waals surface area (Å²) in [6, 6.07) is 38.2. The van der Waals surface area contributed by atoms with Crippen LogP contribution in [0, 0.1) is 0 Å². The summed E-state index contributed by atoms with van der Waals surface area (Å²) in [6.45, 7) is 0. The van der Waals surface area contributed by atoms with Crippen LogP contribution in [0.15, 0.2) is 134 Å². The monoisotopic (exact) mass is 666 g/mol. The predicted octanol–water partition coefficient (Wildman–Crippen LogP) is 7.45. The minimum Gasteiger partial charge on any atom is -0.358 e. The second-order valence-electron chi connectivity index (χ2n) is 9.16. The van der Waals surface area contributed by atoms with Crippen molar-refractivity contribution in [2.24, 2.45) is 0 Å². The predicted molar refractivity (Wildman–Crippen MR) is 154 cm³/mol. The Kier molecular flexibility index (Phi) is 6.51. The molecule has 4 nitrogen and oxygen atoms in total. The quantitative estimate of drug-likeness (QED) is 0.183. The largest absolute Gasteiger partial charge is 0.402 e. The molecule has 0 fully saturated rings. The summed E-state index contributed by atoms with van der Waals surface area (Å²) in [5.74, 6) is 1.71. The zero-order chi connectivity index (χ0) is 24.6. The Morgan fingerprint density at radius 2 is 0.868 bits per heavy atom. The van der Waals surface area contributed by atoms with Crippen molar-refractivity contribution in [3.8, 4) is 22.3 Å². The molecule has 2 radical (unpaired) electrons. The fraction of sp³-hybridized carbons (Fsp3) is 0. The maximum absolute atomic E-state index is 4.72. The van der Waals surface area contributed by atoms with E-state index in [0.29, 0.717) is 0 Å². The summed E-state index contributed by atoms with van der Waals surface area (Å²) >= 11 is 0. The average Bonchev–Trinajstić information content (AvgIpc) is 3.47. The van der Waals surface area contributed by atoms with Gasteiger partial charge >= 0.3 is 7.55 Å². The van der Waals surface area contributed by atoms with Crippen molar-refractivity contribution in [2.45, 2.75) is 0 Å². The van der Waals surface area contributed by atoms with Crippen molar-refractivity contribution >= 4 is 40.7 Å². The summed E-state index contributed by atoms with van der Waals surface area (Å²) < 4.78 is 0. The van der Waals surface area contributed by atoms with Gasteiger partial charge in [0.15, 0.2) is 0 Å². The summed E-state index contributed by atoms with van der Waals surface area (Å²) in [6.07, 6.45) is 7.86. The molecule has 1 aliphatic heterocycles. The van der Waals surface area contributed by atoms with Crippen LogP contribution in [-0.2, 0) is 20.1 Å². The Labute approximate surface area is 235 Å². The van der Waals surface area contributed by atoms with E-state index in [0.717, 1.165) is 33.9 Å². The molecule has 0 N–H and O–H groups in total. The molecule has 0 spiro atoms. The van der Waals surface area contributed by atoms with Crippen molar-refractivity contribution in [2.75, 3.05) is 9.62 Å². The molecule has 0 aliphatic carbocycles. The van der Waals surface area contributed by atoms with E-state index in [2.05, 4.69) is 97.1 Å². The third-order valence-corrected chi connectivity index (χ3v) is 6.83. The SMILES string of the molecule is [B]1N(c2ccc(-c3ccc4ccccc4c3)cn2)C=CN1c1ccc(-c2ccc3ccccc3c2)cn1.[Ir]. The first-order valence-corrected chi connectivity index (χ1v) is 12.3. The number of fused-ring (bicyclic) bond motifs is 2. The maximum Gasteiger partial charge on any atom is 0.402 e. The van der Waals surface area contributed by atoms with E-state index < -0.39 is 0 Å². The van der Waals surface area contributed by atoms with Crippen molar-refractivity contribution in [3.05, 3.63) is 134 Å². The van der Waals surface area contributed by atoms with Gasteiger partial charge in [0.25, 0.3) is 0 Å². The summed E-state index contributed by atoms with van der Waals surface area (Å²) in [7, 11) is 2.00. The number of rotatable bonds is 4. The minimum atomic E-state index is 0. The molecular weight excluding hydrogens is 643 g/mol. The van der Waals surface area contributed by atoms with Gasteiger partial charge in [-0.15, -0.1) is 0 Å². The Balaban J connectivity index is 0.00000264. The molecule has 0 amide bonds. The Hall–Kier alpha value is -4.25. The van der Waals surface area contributed by atoms with Crippen LogP contribution in [0.25, 0.3) is 43.8 Å². The van der Waals surface area contributed by atoms with E-state index in [1.807, 2.05) is 54.1 Å². The first kappa shape index (κ1) is 24.1. The molecule has 2 aromatic heterocycles. The number of anilines is 2. The second-order valence-corrected chi connectivity index (χ2v) is 9.16. The molecule has 182 valence electrons. The van der Waals surface area contributed by atoms with Gasteiger partial charge in [0.1, 0.15) is 11.6 Å². The van der Waals surface area contributed by atoms with Crippen LogP contribution in [0.2, 0.25) is 0 Å². The molecule has 7 rings (SSSR count). The van der Waals surface area contributed by atoms with Crippen molar-refractivity contribution in [1.82, 2.24) is 9.97 Å². The number of nitrogens with zero attached hydrogens (tertiary/aromatic N) is 4. The van der Waals surface area contributed by atoms with Crippen molar-refractivity contribution < 1.29 is 20.1 Å². The molecule has 0 bridgehead atoms. The smallest absolute Gasteiger partial charge is 0.358 e. The molecule has 6 heteroatoms. The molecule has 1 aliphatic rings. The molecule has 38 heavy (non-hydrogen) atoms. The maximum atomic E-state index is 4.72. The zero-order valence-corrected chi connectivity index (χ0v) is 22.8. The average molecular weight is 666 g/mol. The molecule has 0 saturated heterocycles. The number of aromatic nitrogens is 2. The minimum absolute atomic E-state index is 0. The molecular formula is C32H22BIrN4. The summed E-state index contributed by atoms with van der Waals surface area (Å²) in [4.78, 5) is 13.4. The van der Waals surface area contributed by atoms with Crippen LogP contribution in [0.1, 0.15) is 0 Å². The van der Waals surface area contributed by atoms with Crippen molar-refractivity contribution in [1.29, 1.82) is 0 Å². The van der Waals surface area contributed by atoms with Gasteiger partial charge in [-0.05, 0) is 69.1 Å². The van der Waals surface area contributed by atoms with Crippen LogP contribution in [0.5, 0.6) is 0 Å². The Morgan fingerprint density at radius 1 is 0.447 bits per heavy atom.